The van der Waals surface area contributed by atoms with Crippen molar-refractivity contribution in [1.82, 2.24) is 4.90 Å². The lowest BCUT2D eigenvalue weighted by Gasteiger charge is -2.36. The van der Waals surface area contributed by atoms with E-state index in [2.05, 4.69) is 0 Å². The van der Waals surface area contributed by atoms with Crippen molar-refractivity contribution in [2.24, 2.45) is 0 Å². The maximum Gasteiger partial charge on any atom is 0.416 e. The summed E-state index contributed by atoms with van der Waals surface area (Å²) in [7, 11) is 0. The number of hydrogen-bond acceptors (Lipinski definition) is 2. The number of benzene rings is 3. The van der Waals surface area contributed by atoms with Crippen LogP contribution < -0.4 is 4.90 Å². The molecule has 7 heteroatoms. The van der Waals surface area contributed by atoms with Gasteiger partial charge in [0.15, 0.2) is 0 Å². The maximum absolute atomic E-state index is 14.0. The molecule has 0 saturated carbocycles. The molecule has 1 amide bonds. The third kappa shape index (κ3) is 4.16. The van der Waals surface area contributed by atoms with Crippen LogP contribution in [-0.2, 0) is 12.6 Å². The van der Waals surface area contributed by atoms with Crippen molar-refractivity contribution in [1.29, 1.82) is 0 Å². The predicted octanol–water partition coefficient (Wildman–Crippen LogP) is 5.83. The Morgan fingerprint density at radius 3 is 2.38 bits per heavy atom. The van der Waals surface area contributed by atoms with E-state index in [1.165, 1.54) is 18.2 Å². The molecule has 0 bridgehead atoms. The van der Waals surface area contributed by atoms with Gasteiger partial charge in [-0.2, -0.15) is 13.2 Å². The number of rotatable bonds is 3. The monoisotopic (exact) mass is 444 g/mol. The number of fused-ring (bicyclic) bond motifs is 1. The summed E-state index contributed by atoms with van der Waals surface area (Å²) < 4.78 is 53.1. The maximum atomic E-state index is 14.0. The van der Waals surface area contributed by atoms with E-state index < -0.39 is 17.6 Å². The van der Waals surface area contributed by atoms with Gasteiger partial charge >= 0.3 is 6.18 Å². The Hall–Kier alpha value is -3.09. The zero-order valence-electron chi connectivity index (χ0n) is 18.0. The molecule has 168 valence electrons. The van der Waals surface area contributed by atoms with Gasteiger partial charge in [0.1, 0.15) is 5.82 Å². The number of carbonyl (C=O) groups is 1. The van der Waals surface area contributed by atoms with E-state index in [0.717, 1.165) is 35.1 Å². The first-order valence-electron chi connectivity index (χ1n) is 10.6. The van der Waals surface area contributed by atoms with Gasteiger partial charge in [0.05, 0.1) is 11.1 Å². The highest BCUT2D eigenvalue weighted by Crippen LogP contribution is 2.32. The minimum atomic E-state index is -4.40. The summed E-state index contributed by atoms with van der Waals surface area (Å²) in [5.41, 5.74) is 2.19. The number of halogens is 4. The van der Waals surface area contributed by atoms with E-state index in [9.17, 15) is 22.4 Å². The largest absolute Gasteiger partial charge is 0.416 e. The zero-order valence-corrected chi connectivity index (χ0v) is 18.0. The Labute approximate surface area is 184 Å². The minimum absolute atomic E-state index is 0.169. The number of anilines is 1. The van der Waals surface area contributed by atoms with Gasteiger partial charge in [-0.25, -0.2) is 4.39 Å². The van der Waals surface area contributed by atoms with Gasteiger partial charge < -0.3 is 9.80 Å². The van der Waals surface area contributed by atoms with Crippen LogP contribution in [0, 0.1) is 12.7 Å². The fourth-order valence-corrected chi connectivity index (χ4v) is 4.38. The molecule has 4 rings (SSSR count). The Morgan fingerprint density at radius 1 is 1.00 bits per heavy atom. The van der Waals surface area contributed by atoms with Gasteiger partial charge in [-0.1, -0.05) is 25.1 Å². The molecule has 3 aromatic rings. The molecule has 1 saturated heterocycles. The van der Waals surface area contributed by atoms with Crippen LogP contribution >= 0.6 is 0 Å². The first kappa shape index (κ1) is 22.1. The van der Waals surface area contributed by atoms with Crippen molar-refractivity contribution in [2.75, 3.05) is 31.1 Å². The van der Waals surface area contributed by atoms with Crippen molar-refractivity contribution < 1.29 is 22.4 Å². The van der Waals surface area contributed by atoms with Crippen molar-refractivity contribution >= 4 is 22.4 Å². The smallest absolute Gasteiger partial charge is 0.368 e. The molecule has 0 spiro atoms. The third-order valence-corrected chi connectivity index (χ3v) is 6.17. The molecule has 1 aliphatic rings. The molecule has 0 unspecified atom stereocenters. The quantitative estimate of drug-likeness (QED) is 0.475. The van der Waals surface area contributed by atoms with Crippen LogP contribution in [0.4, 0.5) is 23.2 Å². The Balaban J connectivity index is 1.59. The molecule has 0 aromatic heterocycles. The van der Waals surface area contributed by atoms with Gasteiger partial charge in [0, 0.05) is 31.9 Å². The summed E-state index contributed by atoms with van der Waals surface area (Å²) in [5, 5.41) is 1.41. The second-order valence-electron chi connectivity index (χ2n) is 8.08. The van der Waals surface area contributed by atoms with Crippen LogP contribution in [0.1, 0.15) is 34.0 Å². The molecule has 3 nitrogen and oxygen atoms in total. The molecule has 0 atom stereocenters. The van der Waals surface area contributed by atoms with E-state index in [4.69, 9.17) is 0 Å². The summed E-state index contributed by atoms with van der Waals surface area (Å²) in [6.07, 6.45) is -3.64. The van der Waals surface area contributed by atoms with Crippen LogP contribution in [0.5, 0.6) is 0 Å². The average molecular weight is 444 g/mol. The summed E-state index contributed by atoms with van der Waals surface area (Å²) in [4.78, 5) is 17.0. The van der Waals surface area contributed by atoms with Crippen LogP contribution in [0.25, 0.3) is 10.8 Å². The first-order valence-corrected chi connectivity index (χ1v) is 10.6. The van der Waals surface area contributed by atoms with Crippen LogP contribution in [0.15, 0.2) is 48.5 Å². The van der Waals surface area contributed by atoms with Gasteiger partial charge in [-0.15, -0.1) is 0 Å². The number of nitrogens with zero attached hydrogens (tertiary/aromatic N) is 2. The number of alkyl halides is 3. The van der Waals surface area contributed by atoms with Crippen LogP contribution in [0.3, 0.4) is 0 Å². The second kappa shape index (κ2) is 8.45. The Bertz CT molecular complexity index is 1160. The van der Waals surface area contributed by atoms with Gasteiger partial charge in [0.2, 0.25) is 0 Å². The summed E-state index contributed by atoms with van der Waals surface area (Å²) in [5.74, 6) is -0.568. The van der Waals surface area contributed by atoms with Crippen molar-refractivity contribution in [3.63, 3.8) is 0 Å². The summed E-state index contributed by atoms with van der Waals surface area (Å²) >= 11 is 0. The van der Waals surface area contributed by atoms with E-state index in [1.807, 2.05) is 24.8 Å². The molecule has 0 N–H and O–H groups in total. The molecular weight excluding hydrogens is 420 g/mol. The first-order chi connectivity index (χ1) is 15.2. The van der Waals surface area contributed by atoms with Gasteiger partial charge in [-0.3, -0.25) is 4.79 Å². The topological polar surface area (TPSA) is 23.6 Å². The van der Waals surface area contributed by atoms with Crippen LogP contribution in [0.2, 0.25) is 0 Å². The molecule has 3 aromatic carbocycles. The Morgan fingerprint density at radius 2 is 1.72 bits per heavy atom. The lowest BCUT2D eigenvalue weighted by molar-refractivity contribution is -0.137. The number of carbonyl (C=O) groups excluding carboxylic acids is 1. The van der Waals surface area contributed by atoms with Crippen molar-refractivity contribution in [3.8, 4) is 0 Å². The molecule has 0 radical (unpaired) electrons. The standard InChI is InChI=1S/C25H24F4N2O/c1-3-17-13-18-7-8-20(26)15-22(18)23(16(17)2)24(32)31-11-9-30(10-12-31)21-6-4-5-19(14-21)25(27,28)29/h4-8,13-15H,3,9-12H2,1-2H3. The lowest BCUT2D eigenvalue weighted by Crippen LogP contribution is -2.49. The average Bonchev–Trinajstić information content (AvgIpc) is 2.78. The van der Waals surface area contributed by atoms with E-state index in [0.29, 0.717) is 42.8 Å². The van der Waals surface area contributed by atoms with Gasteiger partial charge in [-0.05, 0) is 65.6 Å². The van der Waals surface area contributed by atoms with E-state index in [-0.39, 0.29) is 5.91 Å². The highest BCUT2D eigenvalue weighted by Gasteiger charge is 2.31. The van der Waals surface area contributed by atoms with Crippen molar-refractivity contribution in [3.05, 3.63) is 76.6 Å². The summed E-state index contributed by atoms with van der Waals surface area (Å²) in [6.45, 7) is 5.50. The van der Waals surface area contributed by atoms with Crippen LogP contribution in [-0.4, -0.2) is 37.0 Å². The molecule has 1 fully saturated rings. The SMILES string of the molecule is CCc1cc2ccc(F)cc2c(C(=O)N2CCN(c3cccc(C(F)(F)F)c3)CC2)c1C. The second-order valence-corrected chi connectivity index (χ2v) is 8.08. The van der Waals surface area contributed by atoms with E-state index >= 15 is 0 Å². The number of aryl methyl sites for hydroxylation is 1. The number of amides is 1. The van der Waals surface area contributed by atoms with E-state index in [1.54, 1.807) is 17.0 Å². The highest BCUT2D eigenvalue weighted by atomic mass is 19.4. The minimum Gasteiger partial charge on any atom is -0.368 e. The third-order valence-electron chi connectivity index (χ3n) is 6.17. The molecule has 32 heavy (non-hydrogen) atoms. The lowest BCUT2D eigenvalue weighted by atomic mass is 9.92. The normalized spacial score (nSPS) is 14.8. The predicted molar refractivity (Wildman–Crippen MR) is 118 cm³/mol. The molecule has 1 aliphatic heterocycles. The Kier molecular flexibility index (Phi) is 5.84. The summed E-state index contributed by atoms with van der Waals surface area (Å²) in [6, 6.07) is 11.7. The number of piperazine rings is 1. The molecule has 0 aliphatic carbocycles. The van der Waals surface area contributed by atoms with Crippen molar-refractivity contribution in [2.45, 2.75) is 26.4 Å². The van der Waals surface area contributed by atoms with Gasteiger partial charge in [0.25, 0.3) is 5.91 Å². The number of hydrogen-bond donors (Lipinski definition) is 0. The molecular formula is C25H24F4N2O. The fraction of sp³-hybridized carbons (Fsp3) is 0.320. The molecule has 1 heterocycles. The zero-order chi connectivity index (χ0) is 23.0. The highest BCUT2D eigenvalue weighted by molar-refractivity contribution is 6.09. The fourth-order valence-electron chi connectivity index (χ4n) is 4.38.